The number of anilines is 2. The summed E-state index contributed by atoms with van der Waals surface area (Å²) in [5.41, 5.74) is 0.876. The molecule has 6 nitrogen and oxygen atoms in total. The van der Waals surface area contributed by atoms with Crippen molar-refractivity contribution in [3.63, 3.8) is 0 Å². The summed E-state index contributed by atoms with van der Waals surface area (Å²) in [5, 5.41) is 2.79. The predicted molar refractivity (Wildman–Crippen MR) is 108 cm³/mol. The van der Waals surface area contributed by atoms with Gasteiger partial charge in [0, 0.05) is 11.6 Å². The van der Waals surface area contributed by atoms with Crippen LogP contribution in [0.1, 0.15) is 20.3 Å². The van der Waals surface area contributed by atoms with Gasteiger partial charge in [-0.15, -0.1) is 0 Å². The van der Waals surface area contributed by atoms with E-state index in [0.29, 0.717) is 34.1 Å². The largest absolute Gasteiger partial charge is 0.493 e. The highest BCUT2D eigenvalue weighted by atomic mass is 79.9. The molecule has 0 spiro atoms. The van der Waals surface area contributed by atoms with E-state index < -0.39 is 10.0 Å². The Hall–Kier alpha value is -2.06. The van der Waals surface area contributed by atoms with Crippen LogP contribution in [0.4, 0.5) is 11.4 Å². The standard InChI is InChI=1S/C19H21BrN2O4S/c1-3-26-18-8-7-14(11-17(18)20)22-27(24,25)15-6-4-5-13(10-15)21-19(23)16-9-12(16)2/h4-8,10-12,16,22H,3,9H2,1-2H3,(H,21,23). The highest BCUT2D eigenvalue weighted by Gasteiger charge is 2.39. The van der Waals surface area contributed by atoms with E-state index >= 15 is 0 Å². The molecule has 0 bridgehead atoms. The fourth-order valence-electron chi connectivity index (χ4n) is 2.71. The van der Waals surface area contributed by atoms with Crippen LogP contribution in [0, 0.1) is 11.8 Å². The maximum absolute atomic E-state index is 12.7. The average Bonchev–Trinajstić information content (AvgIpc) is 3.34. The molecule has 0 heterocycles. The number of halogens is 1. The average molecular weight is 453 g/mol. The van der Waals surface area contributed by atoms with Gasteiger partial charge in [-0.05, 0) is 71.6 Å². The monoisotopic (exact) mass is 452 g/mol. The van der Waals surface area contributed by atoms with E-state index in [-0.39, 0.29) is 16.7 Å². The predicted octanol–water partition coefficient (Wildman–Crippen LogP) is 4.24. The van der Waals surface area contributed by atoms with Gasteiger partial charge in [0.25, 0.3) is 10.0 Å². The van der Waals surface area contributed by atoms with Crippen LogP contribution in [-0.4, -0.2) is 20.9 Å². The molecular formula is C19H21BrN2O4S. The van der Waals surface area contributed by atoms with Crippen LogP contribution in [0.25, 0.3) is 0 Å². The van der Waals surface area contributed by atoms with Gasteiger partial charge in [-0.25, -0.2) is 8.42 Å². The van der Waals surface area contributed by atoms with Crippen molar-refractivity contribution in [1.82, 2.24) is 0 Å². The van der Waals surface area contributed by atoms with Crippen LogP contribution in [0.15, 0.2) is 51.8 Å². The molecule has 0 saturated heterocycles. The first-order valence-electron chi connectivity index (χ1n) is 8.66. The van der Waals surface area contributed by atoms with Gasteiger partial charge in [0.05, 0.1) is 21.7 Å². The zero-order chi connectivity index (χ0) is 19.6. The second-order valence-corrected chi connectivity index (χ2v) is 9.06. The zero-order valence-corrected chi connectivity index (χ0v) is 17.4. The zero-order valence-electron chi connectivity index (χ0n) is 15.0. The summed E-state index contributed by atoms with van der Waals surface area (Å²) in [6, 6.07) is 11.2. The number of hydrogen-bond donors (Lipinski definition) is 2. The van der Waals surface area contributed by atoms with Crippen molar-refractivity contribution < 1.29 is 17.9 Å². The van der Waals surface area contributed by atoms with Crippen molar-refractivity contribution in [2.75, 3.05) is 16.6 Å². The summed E-state index contributed by atoms with van der Waals surface area (Å²) < 4.78 is 34.0. The minimum absolute atomic E-state index is 0.0181. The molecule has 2 N–H and O–H groups in total. The Morgan fingerprint density at radius 2 is 1.96 bits per heavy atom. The van der Waals surface area contributed by atoms with Crippen LogP contribution in [-0.2, 0) is 14.8 Å². The van der Waals surface area contributed by atoms with Crippen LogP contribution in [0.3, 0.4) is 0 Å². The van der Waals surface area contributed by atoms with Crippen molar-refractivity contribution in [3.05, 3.63) is 46.9 Å². The maximum atomic E-state index is 12.7. The third-order valence-corrected chi connectivity index (χ3v) is 6.34. The normalized spacial score (nSPS) is 18.6. The summed E-state index contributed by atoms with van der Waals surface area (Å²) in [6.07, 6.45) is 0.873. The third-order valence-electron chi connectivity index (χ3n) is 4.34. The second-order valence-electron chi connectivity index (χ2n) is 6.52. The highest BCUT2D eigenvalue weighted by Crippen LogP contribution is 2.38. The Kier molecular flexibility index (Phi) is 5.76. The van der Waals surface area contributed by atoms with Crippen LogP contribution >= 0.6 is 15.9 Å². The smallest absolute Gasteiger partial charge is 0.261 e. The van der Waals surface area contributed by atoms with Crippen LogP contribution in [0.2, 0.25) is 0 Å². The Bertz CT molecular complexity index is 962. The molecule has 27 heavy (non-hydrogen) atoms. The van der Waals surface area contributed by atoms with Gasteiger partial charge in [-0.3, -0.25) is 9.52 Å². The molecule has 1 saturated carbocycles. The molecule has 0 aromatic heterocycles. The molecule has 2 unspecified atom stereocenters. The fourth-order valence-corrected chi connectivity index (χ4v) is 4.30. The molecule has 2 atom stereocenters. The number of rotatable bonds is 7. The maximum Gasteiger partial charge on any atom is 0.261 e. The Morgan fingerprint density at radius 1 is 1.22 bits per heavy atom. The third kappa shape index (κ3) is 4.81. The number of nitrogens with one attached hydrogen (secondary N) is 2. The van der Waals surface area contributed by atoms with E-state index in [9.17, 15) is 13.2 Å². The molecule has 1 amide bonds. The van der Waals surface area contributed by atoms with Crippen molar-refractivity contribution in [2.24, 2.45) is 11.8 Å². The molecular weight excluding hydrogens is 432 g/mol. The summed E-state index contributed by atoms with van der Waals surface area (Å²) in [4.78, 5) is 12.1. The first kappa shape index (κ1) is 19.7. The highest BCUT2D eigenvalue weighted by molar-refractivity contribution is 9.10. The van der Waals surface area contributed by atoms with E-state index in [1.165, 1.54) is 12.1 Å². The van der Waals surface area contributed by atoms with E-state index in [4.69, 9.17) is 4.74 Å². The van der Waals surface area contributed by atoms with Crippen LogP contribution < -0.4 is 14.8 Å². The summed E-state index contributed by atoms with van der Waals surface area (Å²) in [7, 11) is -3.79. The van der Waals surface area contributed by atoms with Gasteiger partial charge in [0.15, 0.2) is 0 Å². The van der Waals surface area contributed by atoms with Gasteiger partial charge in [-0.2, -0.15) is 0 Å². The van der Waals surface area contributed by atoms with Crippen molar-refractivity contribution in [2.45, 2.75) is 25.2 Å². The molecule has 2 aromatic carbocycles. The lowest BCUT2D eigenvalue weighted by Gasteiger charge is -2.12. The molecule has 1 fully saturated rings. The van der Waals surface area contributed by atoms with Crippen molar-refractivity contribution >= 4 is 43.2 Å². The minimum Gasteiger partial charge on any atom is -0.493 e. The van der Waals surface area contributed by atoms with E-state index in [1.54, 1.807) is 30.3 Å². The molecule has 0 aliphatic heterocycles. The van der Waals surface area contributed by atoms with Gasteiger partial charge in [0.1, 0.15) is 5.75 Å². The van der Waals surface area contributed by atoms with Crippen molar-refractivity contribution in [1.29, 1.82) is 0 Å². The molecule has 144 valence electrons. The molecule has 1 aliphatic rings. The van der Waals surface area contributed by atoms with E-state index in [2.05, 4.69) is 26.0 Å². The second kappa shape index (κ2) is 7.90. The summed E-state index contributed by atoms with van der Waals surface area (Å²) in [5.74, 6) is 0.973. The number of hydrogen-bond acceptors (Lipinski definition) is 4. The number of carbonyl (C=O) groups is 1. The van der Waals surface area contributed by atoms with Gasteiger partial charge < -0.3 is 10.1 Å². The number of sulfonamides is 1. The van der Waals surface area contributed by atoms with Gasteiger partial charge in [-0.1, -0.05) is 13.0 Å². The van der Waals surface area contributed by atoms with Crippen LogP contribution in [0.5, 0.6) is 5.75 Å². The number of benzene rings is 2. The molecule has 8 heteroatoms. The number of amides is 1. The summed E-state index contributed by atoms with van der Waals surface area (Å²) >= 11 is 3.37. The lowest BCUT2D eigenvalue weighted by molar-refractivity contribution is -0.117. The first-order chi connectivity index (χ1) is 12.8. The molecule has 3 rings (SSSR count). The molecule has 0 radical (unpaired) electrons. The topological polar surface area (TPSA) is 84.5 Å². The lowest BCUT2D eigenvalue weighted by atomic mass is 10.3. The van der Waals surface area contributed by atoms with Gasteiger partial charge >= 0.3 is 0 Å². The minimum atomic E-state index is -3.79. The first-order valence-corrected chi connectivity index (χ1v) is 10.9. The Morgan fingerprint density at radius 3 is 2.59 bits per heavy atom. The Balaban J connectivity index is 1.75. The number of carbonyl (C=O) groups excluding carboxylic acids is 1. The molecule has 1 aliphatic carbocycles. The van der Waals surface area contributed by atoms with E-state index in [1.807, 2.05) is 13.8 Å². The SMILES string of the molecule is CCOc1ccc(NS(=O)(=O)c2cccc(NC(=O)C3CC3C)c2)cc1Br. The Labute approximate surface area is 167 Å². The molecule has 2 aromatic rings. The van der Waals surface area contributed by atoms with Gasteiger partial charge in [0.2, 0.25) is 5.91 Å². The van der Waals surface area contributed by atoms with E-state index in [0.717, 1.165) is 6.42 Å². The quantitative estimate of drug-likeness (QED) is 0.657. The fraction of sp³-hybridized carbons (Fsp3) is 0.316. The number of ether oxygens (including phenoxy) is 1. The van der Waals surface area contributed by atoms with Crippen molar-refractivity contribution in [3.8, 4) is 5.75 Å². The lowest BCUT2D eigenvalue weighted by Crippen LogP contribution is -2.16. The summed E-state index contributed by atoms with van der Waals surface area (Å²) in [6.45, 7) is 4.41.